The van der Waals surface area contributed by atoms with E-state index in [9.17, 15) is 9.90 Å². The van der Waals surface area contributed by atoms with Crippen LogP contribution >= 0.6 is 0 Å². The highest BCUT2D eigenvalue weighted by Gasteiger charge is 2.52. The van der Waals surface area contributed by atoms with Crippen molar-refractivity contribution in [2.45, 2.75) is 36.6 Å². The van der Waals surface area contributed by atoms with Gasteiger partial charge in [-0.15, -0.1) is 0 Å². The Labute approximate surface area is 100 Å². The van der Waals surface area contributed by atoms with Gasteiger partial charge < -0.3 is 5.11 Å². The summed E-state index contributed by atoms with van der Waals surface area (Å²) in [5.41, 5.74) is 1.90. The number of aliphatic hydroxyl groups excluding tert-OH is 1. The van der Waals surface area contributed by atoms with Crippen molar-refractivity contribution in [3.8, 4) is 0 Å². The van der Waals surface area contributed by atoms with Crippen molar-refractivity contribution in [1.82, 2.24) is 0 Å². The van der Waals surface area contributed by atoms with Gasteiger partial charge in [-0.2, -0.15) is 4.99 Å². The zero-order valence-electron chi connectivity index (χ0n) is 9.65. The maximum atomic E-state index is 10.5. The molecular weight excluding hydrogens is 214 g/mol. The highest BCUT2D eigenvalue weighted by Crippen LogP contribution is 2.56. The molecule has 88 valence electrons. The molecule has 0 bridgehead atoms. The molecule has 3 rings (SSSR count). The van der Waals surface area contributed by atoms with Crippen molar-refractivity contribution in [3.63, 3.8) is 0 Å². The Balaban J connectivity index is 2.09. The Hall–Kier alpha value is -1.44. The first-order chi connectivity index (χ1) is 8.26. The zero-order valence-corrected chi connectivity index (χ0v) is 9.65. The van der Waals surface area contributed by atoms with Gasteiger partial charge in [-0.1, -0.05) is 24.3 Å². The number of isocyanates is 1. The van der Waals surface area contributed by atoms with E-state index >= 15 is 0 Å². The minimum absolute atomic E-state index is 0.0649. The summed E-state index contributed by atoms with van der Waals surface area (Å²) in [5.74, 6) is 0. The van der Waals surface area contributed by atoms with Gasteiger partial charge in [0.2, 0.25) is 6.08 Å². The maximum absolute atomic E-state index is 10.5. The van der Waals surface area contributed by atoms with Crippen LogP contribution in [0, 0.1) is 0 Å². The molecular formula is C14H15NO2. The lowest BCUT2D eigenvalue weighted by Crippen LogP contribution is -2.18. The Bertz CT molecular complexity index is 495. The summed E-state index contributed by atoms with van der Waals surface area (Å²) < 4.78 is 0. The number of benzene rings is 1. The third-order valence-electron chi connectivity index (χ3n) is 4.14. The monoisotopic (exact) mass is 229 g/mol. The molecule has 0 aliphatic heterocycles. The molecule has 1 aromatic rings. The molecule has 0 spiro atoms. The summed E-state index contributed by atoms with van der Waals surface area (Å²) >= 11 is 0. The lowest BCUT2D eigenvalue weighted by Gasteiger charge is -2.20. The van der Waals surface area contributed by atoms with Crippen LogP contribution in [0.2, 0.25) is 0 Å². The molecule has 3 nitrogen and oxygen atoms in total. The fourth-order valence-corrected chi connectivity index (χ4v) is 2.66. The van der Waals surface area contributed by atoms with Crippen molar-refractivity contribution < 1.29 is 9.90 Å². The molecule has 0 saturated heterocycles. The van der Waals surface area contributed by atoms with Crippen molar-refractivity contribution in [2.75, 3.05) is 6.61 Å². The summed E-state index contributed by atoms with van der Waals surface area (Å²) in [6.45, 7) is 0.185. The van der Waals surface area contributed by atoms with Gasteiger partial charge in [0.1, 0.15) is 0 Å². The molecule has 2 saturated carbocycles. The van der Waals surface area contributed by atoms with Gasteiger partial charge in [-0.3, -0.25) is 0 Å². The summed E-state index contributed by atoms with van der Waals surface area (Å²) in [6, 6.07) is 8.08. The molecule has 2 aliphatic carbocycles. The van der Waals surface area contributed by atoms with Crippen LogP contribution in [-0.2, 0) is 15.7 Å². The highest BCUT2D eigenvalue weighted by atomic mass is 16.3. The van der Waals surface area contributed by atoms with Gasteiger partial charge in [0.05, 0.1) is 12.1 Å². The molecule has 17 heavy (non-hydrogen) atoms. The maximum Gasteiger partial charge on any atom is 0.235 e. The van der Waals surface area contributed by atoms with Crippen molar-refractivity contribution in [2.24, 2.45) is 4.99 Å². The molecule has 0 atom stereocenters. The van der Waals surface area contributed by atoms with Gasteiger partial charge in [0, 0.05) is 5.41 Å². The van der Waals surface area contributed by atoms with E-state index in [4.69, 9.17) is 0 Å². The quantitative estimate of drug-likeness (QED) is 0.634. The predicted octanol–water partition coefficient (Wildman–Crippen LogP) is 2.04. The SMILES string of the molecule is O=C=NC1(c2ccccc2C2(CO)CC2)CC1. The van der Waals surface area contributed by atoms with E-state index in [1.807, 2.05) is 18.2 Å². The largest absolute Gasteiger partial charge is 0.395 e. The van der Waals surface area contributed by atoms with Crippen molar-refractivity contribution >= 4 is 6.08 Å². The number of hydrogen-bond donors (Lipinski definition) is 1. The number of hydrogen-bond acceptors (Lipinski definition) is 3. The van der Waals surface area contributed by atoms with Crippen LogP contribution in [0.15, 0.2) is 29.3 Å². The van der Waals surface area contributed by atoms with E-state index in [1.54, 1.807) is 6.08 Å². The zero-order chi connectivity index (χ0) is 11.9. The van der Waals surface area contributed by atoms with Gasteiger partial charge in [0.25, 0.3) is 0 Å². The van der Waals surface area contributed by atoms with E-state index in [-0.39, 0.29) is 17.6 Å². The average molecular weight is 229 g/mol. The molecule has 0 aromatic heterocycles. The first kappa shape index (κ1) is 10.7. The Morgan fingerprint density at radius 2 is 1.82 bits per heavy atom. The normalized spacial score (nSPS) is 22.6. The smallest absolute Gasteiger partial charge is 0.235 e. The first-order valence-electron chi connectivity index (χ1n) is 6.06. The van der Waals surface area contributed by atoms with Crippen LogP contribution in [0.3, 0.4) is 0 Å². The molecule has 1 N–H and O–H groups in total. The third kappa shape index (κ3) is 1.54. The topological polar surface area (TPSA) is 49.7 Å². The van der Waals surface area contributed by atoms with E-state index in [1.165, 1.54) is 5.56 Å². The van der Waals surface area contributed by atoms with Crippen molar-refractivity contribution in [1.29, 1.82) is 0 Å². The number of rotatable bonds is 4. The van der Waals surface area contributed by atoms with Gasteiger partial charge in [-0.25, -0.2) is 4.79 Å². The first-order valence-corrected chi connectivity index (χ1v) is 6.06. The minimum Gasteiger partial charge on any atom is -0.395 e. The fourth-order valence-electron chi connectivity index (χ4n) is 2.66. The predicted molar refractivity (Wildman–Crippen MR) is 63.5 cm³/mol. The number of aliphatic hydroxyl groups is 1. The molecule has 2 aliphatic rings. The molecule has 3 heteroatoms. The summed E-state index contributed by atoms with van der Waals surface area (Å²) in [7, 11) is 0. The fraction of sp³-hybridized carbons (Fsp3) is 0.500. The van der Waals surface area contributed by atoms with Crippen LogP contribution in [0.25, 0.3) is 0 Å². The van der Waals surface area contributed by atoms with E-state index in [2.05, 4.69) is 11.1 Å². The van der Waals surface area contributed by atoms with Crippen LogP contribution < -0.4 is 0 Å². The molecule has 0 amide bonds. The lowest BCUT2D eigenvalue weighted by molar-refractivity contribution is 0.254. The minimum atomic E-state index is -0.330. The second-order valence-electron chi connectivity index (χ2n) is 5.22. The van der Waals surface area contributed by atoms with Crippen molar-refractivity contribution in [3.05, 3.63) is 35.4 Å². The lowest BCUT2D eigenvalue weighted by atomic mass is 9.88. The van der Waals surface area contributed by atoms with Crippen LogP contribution in [0.4, 0.5) is 0 Å². The van der Waals surface area contributed by atoms with E-state index in [0.717, 1.165) is 31.2 Å². The molecule has 0 radical (unpaired) electrons. The molecule has 1 aromatic carbocycles. The summed E-state index contributed by atoms with van der Waals surface area (Å²) in [5, 5.41) is 9.54. The standard InChI is InChI=1S/C14H15NO2/c16-9-13(5-6-13)11-3-1-2-4-12(11)14(7-8-14)15-10-17/h1-4,16H,5-9H2. The van der Waals surface area contributed by atoms with Gasteiger partial charge in [-0.05, 0) is 36.8 Å². The van der Waals surface area contributed by atoms with Crippen LogP contribution in [-0.4, -0.2) is 17.8 Å². The summed E-state index contributed by atoms with van der Waals surface area (Å²) in [4.78, 5) is 14.5. The highest BCUT2D eigenvalue weighted by molar-refractivity contribution is 5.48. The molecule has 2 fully saturated rings. The van der Waals surface area contributed by atoms with Gasteiger partial charge in [0.15, 0.2) is 0 Å². The average Bonchev–Trinajstić information content (AvgIpc) is 3.26. The second kappa shape index (κ2) is 3.52. The van der Waals surface area contributed by atoms with Gasteiger partial charge >= 0.3 is 0 Å². The number of carbonyl (C=O) groups excluding carboxylic acids is 1. The van der Waals surface area contributed by atoms with Crippen LogP contribution in [0.1, 0.15) is 36.8 Å². The molecule has 0 heterocycles. The number of aliphatic imine (C=N–C) groups is 1. The Morgan fingerprint density at radius 1 is 1.18 bits per heavy atom. The van der Waals surface area contributed by atoms with E-state index < -0.39 is 0 Å². The van der Waals surface area contributed by atoms with Crippen LogP contribution in [0.5, 0.6) is 0 Å². The second-order valence-corrected chi connectivity index (χ2v) is 5.22. The number of nitrogens with zero attached hydrogens (tertiary/aromatic N) is 1. The van der Waals surface area contributed by atoms with E-state index in [0.29, 0.717) is 0 Å². The summed E-state index contributed by atoms with van der Waals surface area (Å²) in [6.07, 6.45) is 5.59. The Morgan fingerprint density at radius 3 is 2.29 bits per heavy atom. The third-order valence-corrected chi connectivity index (χ3v) is 4.14. The molecule has 0 unspecified atom stereocenters. The Kier molecular flexibility index (Phi) is 2.22.